The van der Waals surface area contributed by atoms with Crippen LogP contribution in [0.15, 0.2) is 36.4 Å². The van der Waals surface area contributed by atoms with Crippen LogP contribution in [0.2, 0.25) is 0 Å². The van der Waals surface area contributed by atoms with E-state index in [1.807, 2.05) is 12.2 Å². The number of hydrogen-bond donors (Lipinski definition) is 3. The van der Waals surface area contributed by atoms with Gasteiger partial charge in [-0.25, -0.2) is 0 Å². The van der Waals surface area contributed by atoms with E-state index in [2.05, 4.69) is 10.6 Å². The van der Waals surface area contributed by atoms with Gasteiger partial charge in [0.15, 0.2) is 0 Å². The summed E-state index contributed by atoms with van der Waals surface area (Å²) in [6, 6.07) is 5.91. The van der Waals surface area contributed by atoms with E-state index in [0.717, 1.165) is 19.3 Å². The van der Waals surface area contributed by atoms with Crippen LogP contribution in [-0.4, -0.2) is 23.6 Å². The Labute approximate surface area is 135 Å². The minimum atomic E-state index is -0.863. The lowest BCUT2D eigenvalue weighted by Crippen LogP contribution is -2.38. The number of Topliss-reactive ketones (excluding diaryl/α,β-unsaturated/α-hetero) is 1. The highest BCUT2D eigenvalue weighted by molar-refractivity contribution is 6.42. The predicted octanol–water partition coefficient (Wildman–Crippen LogP) is 1.98. The number of nitrogens with two attached hydrogens (primary N) is 1. The SMILES string of the molecule is NC1CC=CCCCCC(=O)Nc2ccccc2NC(=O)C1=O. The second-order valence-electron chi connectivity index (χ2n) is 5.47. The molecule has 1 aromatic carbocycles. The highest BCUT2D eigenvalue weighted by Crippen LogP contribution is 2.21. The van der Waals surface area contributed by atoms with E-state index < -0.39 is 17.7 Å². The van der Waals surface area contributed by atoms with Gasteiger partial charge in [-0.2, -0.15) is 0 Å². The number of carbonyl (C=O) groups is 3. The Kier molecular flexibility index (Phi) is 6.05. The topological polar surface area (TPSA) is 101 Å². The molecule has 1 unspecified atom stereocenters. The van der Waals surface area contributed by atoms with Crippen molar-refractivity contribution in [2.24, 2.45) is 5.73 Å². The molecule has 1 atom stereocenters. The summed E-state index contributed by atoms with van der Waals surface area (Å²) in [6.45, 7) is 0. The number of benzene rings is 1. The fourth-order valence-corrected chi connectivity index (χ4v) is 2.28. The second kappa shape index (κ2) is 8.24. The molecule has 0 radical (unpaired) electrons. The molecule has 0 saturated heterocycles. The van der Waals surface area contributed by atoms with Crippen LogP contribution in [0.4, 0.5) is 11.4 Å². The average Bonchev–Trinajstić information content (AvgIpc) is 2.54. The summed E-state index contributed by atoms with van der Waals surface area (Å²) >= 11 is 0. The van der Waals surface area contributed by atoms with Crippen LogP contribution in [0.25, 0.3) is 0 Å². The molecule has 0 aromatic heterocycles. The molecule has 2 amide bonds. The van der Waals surface area contributed by atoms with E-state index in [1.165, 1.54) is 0 Å². The standard InChI is InChI=1S/C17H21N3O3/c18-12-8-4-2-1-3-5-11-15(21)19-13-9-6-7-10-14(13)20-17(23)16(12)22/h2,4,6-7,9-10,12H,1,3,5,8,11,18H2,(H,19,21)(H,20,23). The minimum absolute atomic E-state index is 0.117. The van der Waals surface area contributed by atoms with Crippen molar-refractivity contribution in [3.05, 3.63) is 36.4 Å². The molecule has 1 heterocycles. The maximum absolute atomic E-state index is 12.0. The zero-order chi connectivity index (χ0) is 16.7. The third-order valence-electron chi connectivity index (χ3n) is 3.59. The average molecular weight is 315 g/mol. The van der Waals surface area contributed by atoms with Crippen LogP contribution < -0.4 is 16.4 Å². The molecular formula is C17H21N3O3. The van der Waals surface area contributed by atoms with E-state index >= 15 is 0 Å². The number of rotatable bonds is 0. The lowest BCUT2D eigenvalue weighted by Gasteiger charge is -2.13. The van der Waals surface area contributed by atoms with Gasteiger partial charge in [0.25, 0.3) is 5.91 Å². The van der Waals surface area contributed by atoms with Crippen LogP contribution in [0, 0.1) is 0 Å². The number of para-hydroxylation sites is 2. The van der Waals surface area contributed by atoms with Gasteiger partial charge in [0, 0.05) is 6.42 Å². The Bertz CT molecular complexity index is 625. The fraction of sp³-hybridized carbons (Fsp3) is 0.353. The van der Waals surface area contributed by atoms with Crippen molar-refractivity contribution in [2.45, 2.75) is 38.1 Å². The molecule has 0 bridgehead atoms. The molecule has 0 fully saturated rings. The summed E-state index contributed by atoms with van der Waals surface area (Å²) in [6.07, 6.45) is 6.94. The van der Waals surface area contributed by atoms with Gasteiger partial charge in [-0.05, 0) is 37.8 Å². The lowest BCUT2D eigenvalue weighted by molar-refractivity contribution is -0.135. The van der Waals surface area contributed by atoms with Crippen molar-refractivity contribution in [1.82, 2.24) is 0 Å². The number of allylic oxidation sites excluding steroid dienone is 1. The molecular weight excluding hydrogens is 294 g/mol. The monoisotopic (exact) mass is 315 g/mol. The van der Waals surface area contributed by atoms with E-state index in [9.17, 15) is 14.4 Å². The number of nitrogens with one attached hydrogen (secondary N) is 2. The number of carbonyl (C=O) groups excluding carboxylic acids is 3. The van der Waals surface area contributed by atoms with Crippen molar-refractivity contribution in [3.63, 3.8) is 0 Å². The maximum atomic E-state index is 12.0. The van der Waals surface area contributed by atoms with Gasteiger partial charge in [-0.3, -0.25) is 14.4 Å². The second-order valence-corrected chi connectivity index (χ2v) is 5.47. The van der Waals surface area contributed by atoms with Gasteiger partial charge >= 0.3 is 0 Å². The van der Waals surface area contributed by atoms with Crippen molar-refractivity contribution in [2.75, 3.05) is 10.6 Å². The number of ketones is 1. The van der Waals surface area contributed by atoms with Crippen molar-refractivity contribution >= 4 is 29.0 Å². The van der Waals surface area contributed by atoms with Crippen molar-refractivity contribution in [1.29, 1.82) is 0 Å². The molecule has 4 N–H and O–H groups in total. The molecule has 6 heteroatoms. The molecule has 0 spiro atoms. The quantitative estimate of drug-likeness (QED) is 0.503. The normalized spacial score (nSPS) is 20.7. The van der Waals surface area contributed by atoms with Gasteiger partial charge in [0.1, 0.15) is 0 Å². The predicted molar refractivity (Wildman–Crippen MR) is 88.9 cm³/mol. The Morgan fingerprint density at radius 1 is 0.957 bits per heavy atom. The Morgan fingerprint density at radius 2 is 1.65 bits per heavy atom. The molecule has 0 aliphatic carbocycles. The Hall–Kier alpha value is -2.47. The number of hydrogen-bond acceptors (Lipinski definition) is 4. The van der Waals surface area contributed by atoms with Gasteiger partial charge < -0.3 is 16.4 Å². The highest BCUT2D eigenvalue weighted by Gasteiger charge is 2.22. The first-order valence-electron chi connectivity index (χ1n) is 7.72. The van der Waals surface area contributed by atoms with Crippen molar-refractivity contribution < 1.29 is 14.4 Å². The third-order valence-corrected chi connectivity index (χ3v) is 3.59. The van der Waals surface area contributed by atoms with Gasteiger partial charge in [0.2, 0.25) is 11.7 Å². The smallest absolute Gasteiger partial charge is 0.293 e. The lowest BCUT2D eigenvalue weighted by atomic mass is 10.1. The summed E-state index contributed by atoms with van der Waals surface area (Å²) in [5.74, 6) is -1.57. The van der Waals surface area contributed by atoms with Crippen LogP contribution >= 0.6 is 0 Å². The first-order valence-corrected chi connectivity index (χ1v) is 7.72. The molecule has 6 nitrogen and oxygen atoms in total. The van der Waals surface area contributed by atoms with E-state index in [0.29, 0.717) is 24.2 Å². The first kappa shape index (κ1) is 16.9. The Balaban J connectivity index is 2.21. The molecule has 1 aliphatic heterocycles. The molecule has 1 aromatic rings. The number of fused-ring (bicyclic) bond motifs is 1. The number of amides is 2. The van der Waals surface area contributed by atoms with Gasteiger partial charge in [-0.1, -0.05) is 24.3 Å². The molecule has 1 aliphatic rings. The first-order chi connectivity index (χ1) is 11.1. The van der Waals surface area contributed by atoms with Crippen LogP contribution in [-0.2, 0) is 14.4 Å². The van der Waals surface area contributed by atoms with Crippen LogP contribution in [0.5, 0.6) is 0 Å². The highest BCUT2D eigenvalue weighted by atomic mass is 16.2. The minimum Gasteiger partial charge on any atom is -0.324 e. The molecule has 2 rings (SSSR count). The fourth-order valence-electron chi connectivity index (χ4n) is 2.28. The molecule has 122 valence electrons. The maximum Gasteiger partial charge on any atom is 0.293 e. The molecule has 23 heavy (non-hydrogen) atoms. The largest absolute Gasteiger partial charge is 0.324 e. The zero-order valence-corrected chi connectivity index (χ0v) is 12.9. The van der Waals surface area contributed by atoms with E-state index in [4.69, 9.17) is 5.73 Å². The molecule has 0 saturated carbocycles. The summed E-state index contributed by atoms with van der Waals surface area (Å²) in [5.41, 5.74) is 6.62. The van der Waals surface area contributed by atoms with E-state index in [-0.39, 0.29) is 5.91 Å². The van der Waals surface area contributed by atoms with Crippen molar-refractivity contribution in [3.8, 4) is 0 Å². The van der Waals surface area contributed by atoms with E-state index in [1.54, 1.807) is 24.3 Å². The Morgan fingerprint density at radius 3 is 2.39 bits per heavy atom. The third kappa shape index (κ3) is 5.03. The summed E-state index contributed by atoms with van der Waals surface area (Å²) < 4.78 is 0. The summed E-state index contributed by atoms with van der Waals surface area (Å²) in [4.78, 5) is 36.0. The number of anilines is 2. The van der Waals surface area contributed by atoms with Gasteiger partial charge in [-0.15, -0.1) is 0 Å². The summed E-state index contributed by atoms with van der Waals surface area (Å²) in [7, 11) is 0. The van der Waals surface area contributed by atoms with Crippen LogP contribution in [0.1, 0.15) is 32.1 Å². The van der Waals surface area contributed by atoms with Gasteiger partial charge in [0.05, 0.1) is 17.4 Å². The van der Waals surface area contributed by atoms with Crippen LogP contribution in [0.3, 0.4) is 0 Å². The zero-order valence-electron chi connectivity index (χ0n) is 12.9. The summed E-state index contributed by atoms with van der Waals surface area (Å²) in [5, 5.41) is 5.29.